The lowest BCUT2D eigenvalue weighted by Crippen LogP contribution is -2.26. The van der Waals surface area contributed by atoms with E-state index in [-0.39, 0.29) is 25.4 Å². The van der Waals surface area contributed by atoms with Crippen LogP contribution in [-0.4, -0.2) is 18.3 Å². The number of hydrogen-bond acceptors (Lipinski definition) is 1. The Balaban J connectivity index is 0.00000225. The summed E-state index contributed by atoms with van der Waals surface area (Å²) in [4.78, 5) is 0. The lowest BCUT2D eigenvalue weighted by Gasteiger charge is -2.12. The molecule has 1 N–H and O–H groups in total. The smallest absolute Gasteiger partial charge is 0.262 e. The number of nitrogens with one attached hydrogen (secondary N) is 1. The summed E-state index contributed by atoms with van der Waals surface area (Å²) >= 11 is 5.11. The van der Waals surface area contributed by atoms with Crippen LogP contribution >= 0.6 is 24.0 Å². The van der Waals surface area contributed by atoms with Crippen LogP contribution in [0.1, 0.15) is 12.0 Å². The molecule has 0 heterocycles. The van der Waals surface area contributed by atoms with Crippen LogP contribution in [-0.2, 0) is 6.54 Å². The summed E-state index contributed by atoms with van der Waals surface area (Å²) in [5.41, 5.74) is 1.09. The van der Waals surface area contributed by atoms with Crippen LogP contribution in [0.4, 0.5) is 8.78 Å². The predicted octanol–water partition coefficient (Wildman–Crippen LogP) is 3.46. The molecule has 0 bridgehead atoms. The quantitative estimate of drug-likeness (QED) is 0.616. The summed E-state index contributed by atoms with van der Waals surface area (Å²) in [7, 11) is 0. The van der Waals surface area contributed by atoms with Gasteiger partial charge in [0.1, 0.15) is 0 Å². The molecule has 0 unspecified atom stereocenters. The third-order valence-corrected chi connectivity index (χ3v) is 2.43. The monoisotopic (exact) mass is 269 g/mol. The second-order valence-corrected chi connectivity index (χ2v) is 3.67. The van der Waals surface area contributed by atoms with E-state index in [2.05, 4.69) is 5.32 Å². The summed E-state index contributed by atoms with van der Waals surface area (Å²) in [6.45, 7) is 0.883. The molecule has 0 aromatic heterocycles. The van der Waals surface area contributed by atoms with Gasteiger partial charge in [0.2, 0.25) is 0 Å². The zero-order valence-corrected chi connectivity index (χ0v) is 10.3. The number of halogens is 4. The Labute approximate surface area is 106 Å². The first kappa shape index (κ1) is 15.6. The zero-order chi connectivity index (χ0) is 11.1. The Hall–Kier alpha value is -0.380. The average Bonchev–Trinajstić information content (AvgIpc) is 2.26. The normalized spacial score (nSPS) is 10.9. The van der Waals surface area contributed by atoms with Crippen molar-refractivity contribution < 1.29 is 8.78 Å². The van der Waals surface area contributed by atoms with Crippen LogP contribution in [0.25, 0.3) is 0 Å². The van der Waals surface area contributed by atoms with Gasteiger partial charge in [-0.15, -0.1) is 24.0 Å². The first-order valence-electron chi connectivity index (χ1n) is 4.82. The Morgan fingerprint density at radius 3 is 2.38 bits per heavy atom. The van der Waals surface area contributed by atoms with Crippen molar-refractivity contribution in [2.45, 2.75) is 18.9 Å². The molecular weight excluding hydrogens is 255 g/mol. The molecule has 16 heavy (non-hydrogen) atoms. The number of benzene rings is 1. The molecule has 0 saturated carbocycles. The lowest BCUT2D eigenvalue weighted by atomic mass is 10.2. The summed E-state index contributed by atoms with van der Waals surface area (Å²) < 4.78 is 25.4. The van der Waals surface area contributed by atoms with E-state index in [4.69, 9.17) is 11.6 Å². The Morgan fingerprint density at radius 2 is 1.81 bits per heavy atom. The van der Waals surface area contributed by atoms with Gasteiger partial charge in [-0.1, -0.05) is 30.3 Å². The highest BCUT2D eigenvalue weighted by Crippen LogP contribution is 2.18. The fraction of sp³-hybridized carbons (Fsp3) is 0.455. The van der Waals surface area contributed by atoms with Gasteiger partial charge in [0.05, 0.1) is 5.88 Å². The van der Waals surface area contributed by atoms with E-state index in [0.717, 1.165) is 5.56 Å². The molecule has 0 spiro atoms. The van der Waals surface area contributed by atoms with E-state index in [1.165, 1.54) is 0 Å². The standard InChI is InChI=1S/C11H14ClF2N.ClH/c12-9-11(13,14)6-7-15-8-10-4-2-1-3-5-10;/h1-5,15H,6-9H2;1H. The molecule has 0 atom stereocenters. The van der Waals surface area contributed by atoms with Gasteiger partial charge in [-0.25, -0.2) is 8.78 Å². The first-order chi connectivity index (χ1) is 7.14. The Kier molecular flexibility index (Phi) is 7.64. The van der Waals surface area contributed by atoms with Gasteiger partial charge >= 0.3 is 0 Å². The number of hydrogen-bond donors (Lipinski definition) is 1. The third kappa shape index (κ3) is 6.26. The molecule has 1 nitrogen and oxygen atoms in total. The van der Waals surface area contributed by atoms with Crippen molar-refractivity contribution in [3.8, 4) is 0 Å². The van der Waals surface area contributed by atoms with Gasteiger partial charge in [0.15, 0.2) is 0 Å². The predicted molar refractivity (Wildman–Crippen MR) is 65.7 cm³/mol. The topological polar surface area (TPSA) is 12.0 Å². The lowest BCUT2D eigenvalue weighted by molar-refractivity contribution is 0.0172. The third-order valence-electron chi connectivity index (χ3n) is 2.03. The summed E-state index contributed by atoms with van der Waals surface area (Å²) in [5.74, 6) is -3.37. The molecule has 0 aliphatic rings. The number of alkyl halides is 3. The van der Waals surface area contributed by atoms with E-state index in [9.17, 15) is 8.78 Å². The zero-order valence-electron chi connectivity index (χ0n) is 8.76. The van der Waals surface area contributed by atoms with Gasteiger partial charge in [-0.2, -0.15) is 0 Å². The number of rotatable bonds is 6. The maximum absolute atomic E-state index is 12.7. The molecule has 0 aliphatic carbocycles. The van der Waals surface area contributed by atoms with Gasteiger partial charge in [-0.3, -0.25) is 0 Å². The van der Waals surface area contributed by atoms with E-state index in [0.29, 0.717) is 6.54 Å². The average molecular weight is 270 g/mol. The fourth-order valence-electron chi connectivity index (χ4n) is 1.17. The molecule has 92 valence electrons. The molecular formula is C11H15Cl2F2N. The van der Waals surface area contributed by atoms with Gasteiger partial charge < -0.3 is 5.32 Å². The van der Waals surface area contributed by atoms with Crippen LogP contribution in [0, 0.1) is 0 Å². The first-order valence-corrected chi connectivity index (χ1v) is 5.36. The van der Waals surface area contributed by atoms with E-state index in [1.807, 2.05) is 30.3 Å². The molecule has 0 amide bonds. The van der Waals surface area contributed by atoms with Crippen molar-refractivity contribution >= 4 is 24.0 Å². The molecule has 0 saturated heterocycles. The minimum Gasteiger partial charge on any atom is -0.312 e. The van der Waals surface area contributed by atoms with Crippen LogP contribution in [0.15, 0.2) is 30.3 Å². The fourth-order valence-corrected chi connectivity index (χ4v) is 1.30. The minimum absolute atomic E-state index is 0. The van der Waals surface area contributed by atoms with Gasteiger partial charge in [0.25, 0.3) is 5.92 Å². The van der Waals surface area contributed by atoms with E-state index in [1.54, 1.807) is 0 Å². The molecule has 1 rings (SSSR count). The SMILES string of the molecule is Cl.FC(F)(CCl)CCNCc1ccccc1. The summed E-state index contributed by atoms with van der Waals surface area (Å²) in [6.07, 6.45) is -0.219. The molecule has 0 radical (unpaired) electrons. The highest BCUT2D eigenvalue weighted by atomic mass is 35.5. The van der Waals surface area contributed by atoms with Crippen LogP contribution in [0.5, 0.6) is 0 Å². The van der Waals surface area contributed by atoms with Crippen LogP contribution < -0.4 is 5.32 Å². The highest BCUT2D eigenvalue weighted by molar-refractivity contribution is 6.18. The second kappa shape index (κ2) is 7.82. The van der Waals surface area contributed by atoms with Crippen molar-refractivity contribution in [3.63, 3.8) is 0 Å². The molecule has 1 aromatic rings. The molecule has 0 fully saturated rings. The molecule has 5 heteroatoms. The molecule has 0 aliphatic heterocycles. The minimum atomic E-state index is -2.76. The van der Waals surface area contributed by atoms with Crippen molar-refractivity contribution in [2.24, 2.45) is 0 Å². The van der Waals surface area contributed by atoms with Gasteiger partial charge in [0, 0.05) is 19.5 Å². The van der Waals surface area contributed by atoms with Crippen LogP contribution in [0.2, 0.25) is 0 Å². The van der Waals surface area contributed by atoms with Crippen molar-refractivity contribution in [2.75, 3.05) is 12.4 Å². The largest absolute Gasteiger partial charge is 0.312 e. The van der Waals surface area contributed by atoms with Gasteiger partial charge in [-0.05, 0) is 5.56 Å². The van der Waals surface area contributed by atoms with Crippen LogP contribution in [0.3, 0.4) is 0 Å². The molecule has 1 aromatic carbocycles. The van der Waals surface area contributed by atoms with E-state index >= 15 is 0 Å². The van der Waals surface area contributed by atoms with E-state index < -0.39 is 11.8 Å². The van der Waals surface area contributed by atoms with Crippen molar-refractivity contribution in [3.05, 3.63) is 35.9 Å². The second-order valence-electron chi connectivity index (χ2n) is 3.40. The Morgan fingerprint density at radius 1 is 1.19 bits per heavy atom. The summed E-state index contributed by atoms with van der Waals surface area (Å²) in [5, 5.41) is 2.95. The summed E-state index contributed by atoms with van der Waals surface area (Å²) in [6, 6.07) is 9.67. The maximum atomic E-state index is 12.7. The van der Waals surface area contributed by atoms with Crippen molar-refractivity contribution in [1.82, 2.24) is 5.32 Å². The van der Waals surface area contributed by atoms with Crippen molar-refractivity contribution in [1.29, 1.82) is 0 Å². The maximum Gasteiger partial charge on any atom is 0.262 e. The highest BCUT2D eigenvalue weighted by Gasteiger charge is 2.26. The Bertz CT molecular complexity index is 281.